The number of nitrogens with two attached hydrogens (primary N) is 2. The Labute approximate surface area is 182 Å². The summed E-state index contributed by atoms with van der Waals surface area (Å²) >= 11 is 3.37. The molecule has 2 atom stereocenters. The van der Waals surface area contributed by atoms with Gasteiger partial charge in [-0.3, -0.25) is 4.79 Å². The van der Waals surface area contributed by atoms with Crippen molar-refractivity contribution in [1.29, 1.82) is 0 Å². The van der Waals surface area contributed by atoms with Crippen molar-refractivity contribution in [3.8, 4) is 0 Å². The van der Waals surface area contributed by atoms with Gasteiger partial charge in [0, 0.05) is 35.6 Å². The van der Waals surface area contributed by atoms with Gasteiger partial charge in [-0.05, 0) is 36.1 Å². The number of amidine groups is 1. The van der Waals surface area contributed by atoms with Crippen LogP contribution in [0.2, 0.25) is 0 Å². The summed E-state index contributed by atoms with van der Waals surface area (Å²) in [6.07, 6.45) is -0.237. The fourth-order valence-electron chi connectivity index (χ4n) is 3.78. The lowest BCUT2D eigenvalue weighted by molar-refractivity contribution is -0.118. The molecule has 2 aromatic rings. The maximum absolute atomic E-state index is 13.9. The number of carbonyl (C=O) groups is 1. The number of nitrogens with zero attached hydrogens (tertiary/aromatic N) is 2. The Morgan fingerprint density at radius 1 is 1.30 bits per heavy atom. The molecule has 1 aliphatic rings. The van der Waals surface area contributed by atoms with Gasteiger partial charge in [0.05, 0.1) is 5.92 Å². The van der Waals surface area contributed by atoms with Crippen LogP contribution in [0, 0.1) is 5.92 Å². The highest BCUT2D eigenvalue weighted by Crippen LogP contribution is 2.45. The Bertz CT molecular complexity index is 933. The number of alkyl halides is 2. The van der Waals surface area contributed by atoms with E-state index in [4.69, 9.17) is 11.6 Å². The zero-order valence-corrected chi connectivity index (χ0v) is 18.1. The summed E-state index contributed by atoms with van der Waals surface area (Å²) in [6, 6.07) is 14.0. The van der Waals surface area contributed by atoms with Crippen LogP contribution in [0.4, 0.5) is 14.5 Å². The molecule has 0 radical (unpaired) electrons. The second-order valence-corrected chi connectivity index (χ2v) is 8.43. The molecule has 5 N–H and O–H groups in total. The molecular weight excluding hydrogens is 456 g/mol. The van der Waals surface area contributed by atoms with Gasteiger partial charge >= 0.3 is 0 Å². The molecule has 1 aliphatic carbocycles. The van der Waals surface area contributed by atoms with Crippen LogP contribution < -0.4 is 16.9 Å². The molecule has 1 amide bonds. The van der Waals surface area contributed by atoms with Gasteiger partial charge in [0.2, 0.25) is 11.8 Å². The van der Waals surface area contributed by atoms with Gasteiger partial charge < -0.3 is 11.1 Å². The molecule has 0 saturated heterocycles. The SMILES string of the molecule is CN(N)/N=C(\N)c1ccc(C(C(=O)Nc2cccc(Br)c2)C2CCC(F)(F)C2)cc1. The standard InChI is InChI=1S/C21H24BrF2N5O/c1-29(26)28-19(25)14-7-5-13(6-8-14)18(15-9-10-21(23,24)12-15)20(30)27-17-4-2-3-16(22)11-17/h2-8,11,15,18H,9-10,12,26H2,1H3,(H2,25,28)(H,27,30). The zero-order valence-electron chi connectivity index (χ0n) is 16.5. The Morgan fingerprint density at radius 3 is 2.57 bits per heavy atom. The summed E-state index contributed by atoms with van der Waals surface area (Å²) in [5, 5.41) is 7.90. The van der Waals surface area contributed by atoms with Crippen LogP contribution in [0.3, 0.4) is 0 Å². The molecule has 0 aromatic heterocycles. The summed E-state index contributed by atoms with van der Waals surface area (Å²) in [6.45, 7) is 0. The molecule has 2 aromatic carbocycles. The summed E-state index contributed by atoms with van der Waals surface area (Å²) in [5.74, 6) is 1.47. The van der Waals surface area contributed by atoms with Gasteiger partial charge in [-0.15, -0.1) is 5.10 Å². The quantitative estimate of drug-likeness (QED) is 0.252. The molecule has 2 unspecified atom stereocenters. The van der Waals surface area contributed by atoms with Crippen molar-refractivity contribution in [2.75, 3.05) is 12.4 Å². The number of carbonyl (C=O) groups excluding carboxylic acids is 1. The minimum Gasteiger partial charge on any atom is -0.382 e. The van der Waals surface area contributed by atoms with Crippen molar-refractivity contribution in [2.24, 2.45) is 22.6 Å². The lowest BCUT2D eigenvalue weighted by atomic mass is 9.83. The second kappa shape index (κ2) is 9.09. The number of hydrogen-bond acceptors (Lipinski definition) is 4. The third-order valence-corrected chi connectivity index (χ3v) is 5.61. The number of anilines is 1. The largest absolute Gasteiger partial charge is 0.382 e. The Morgan fingerprint density at radius 2 is 2.00 bits per heavy atom. The first kappa shape index (κ1) is 22.2. The fraction of sp³-hybridized carbons (Fsp3) is 0.333. The number of hydrazine groups is 1. The summed E-state index contributed by atoms with van der Waals surface area (Å²) < 4.78 is 28.7. The van der Waals surface area contributed by atoms with E-state index >= 15 is 0 Å². The molecule has 6 nitrogen and oxygen atoms in total. The molecular formula is C21H24BrF2N5O. The number of hydrogen-bond donors (Lipinski definition) is 3. The summed E-state index contributed by atoms with van der Waals surface area (Å²) in [4.78, 5) is 13.1. The van der Waals surface area contributed by atoms with Crippen LogP contribution in [0.5, 0.6) is 0 Å². The zero-order chi connectivity index (χ0) is 21.9. The van der Waals surface area contributed by atoms with E-state index in [0.717, 1.165) is 9.59 Å². The molecule has 1 fully saturated rings. The van der Waals surface area contributed by atoms with E-state index in [-0.39, 0.29) is 31.0 Å². The van der Waals surface area contributed by atoms with Crippen molar-refractivity contribution >= 4 is 33.4 Å². The fourth-order valence-corrected chi connectivity index (χ4v) is 4.18. The van der Waals surface area contributed by atoms with Gasteiger partial charge in [0.1, 0.15) is 0 Å². The third-order valence-electron chi connectivity index (χ3n) is 5.12. The molecule has 0 heterocycles. The van der Waals surface area contributed by atoms with Crippen LogP contribution in [0.1, 0.15) is 36.3 Å². The lowest BCUT2D eigenvalue weighted by Gasteiger charge is -2.24. The second-order valence-electron chi connectivity index (χ2n) is 7.52. The minimum absolute atomic E-state index is 0.209. The molecule has 1 saturated carbocycles. The van der Waals surface area contributed by atoms with Gasteiger partial charge in [-0.2, -0.15) is 0 Å². The first-order valence-corrected chi connectivity index (χ1v) is 10.3. The van der Waals surface area contributed by atoms with Crippen LogP contribution in [-0.4, -0.2) is 29.8 Å². The van der Waals surface area contributed by atoms with Crippen LogP contribution in [0.15, 0.2) is 58.1 Å². The highest BCUT2D eigenvalue weighted by Gasteiger charge is 2.45. The summed E-state index contributed by atoms with van der Waals surface area (Å²) in [5.41, 5.74) is 7.78. The van der Waals surface area contributed by atoms with Crippen molar-refractivity contribution < 1.29 is 13.6 Å². The average Bonchev–Trinajstić information content (AvgIpc) is 3.01. The van der Waals surface area contributed by atoms with E-state index in [0.29, 0.717) is 16.8 Å². The third kappa shape index (κ3) is 5.54. The molecule has 0 spiro atoms. The number of rotatable bonds is 6. The Kier molecular flexibility index (Phi) is 6.72. The highest BCUT2D eigenvalue weighted by atomic mass is 79.9. The number of amides is 1. The van der Waals surface area contributed by atoms with Gasteiger partial charge in [-0.1, -0.05) is 46.3 Å². The summed E-state index contributed by atoms with van der Waals surface area (Å²) in [7, 11) is 1.55. The molecule has 160 valence electrons. The number of nitrogens with one attached hydrogen (secondary N) is 1. The monoisotopic (exact) mass is 479 g/mol. The van der Waals surface area contributed by atoms with Gasteiger partial charge in [0.15, 0.2) is 5.84 Å². The highest BCUT2D eigenvalue weighted by molar-refractivity contribution is 9.10. The normalized spacial score (nSPS) is 19.4. The lowest BCUT2D eigenvalue weighted by Crippen LogP contribution is -2.28. The Hall–Kier alpha value is -2.52. The minimum atomic E-state index is -2.75. The Balaban J connectivity index is 1.89. The van der Waals surface area contributed by atoms with Gasteiger partial charge in [0.25, 0.3) is 0 Å². The van der Waals surface area contributed by atoms with E-state index in [1.807, 2.05) is 6.07 Å². The number of hydrazone groups is 1. The number of benzene rings is 2. The molecule has 0 aliphatic heterocycles. The van der Waals surface area contributed by atoms with Crippen molar-refractivity contribution in [1.82, 2.24) is 5.12 Å². The van der Waals surface area contributed by atoms with Crippen molar-refractivity contribution in [3.05, 3.63) is 64.1 Å². The molecule has 9 heteroatoms. The van der Waals surface area contributed by atoms with E-state index in [1.54, 1.807) is 49.5 Å². The predicted molar refractivity (Wildman–Crippen MR) is 117 cm³/mol. The molecule has 3 rings (SSSR count). The first-order chi connectivity index (χ1) is 14.1. The van der Waals surface area contributed by atoms with Crippen molar-refractivity contribution in [3.63, 3.8) is 0 Å². The smallest absolute Gasteiger partial charge is 0.248 e. The number of halogens is 3. The average molecular weight is 480 g/mol. The molecule has 30 heavy (non-hydrogen) atoms. The topological polar surface area (TPSA) is 96.7 Å². The van der Waals surface area contributed by atoms with Crippen LogP contribution in [-0.2, 0) is 4.79 Å². The van der Waals surface area contributed by atoms with E-state index in [9.17, 15) is 13.6 Å². The first-order valence-electron chi connectivity index (χ1n) is 9.52. The maximum Gasteiger partial charge on any atom is 0.248 e. The maximum atomic E-state index is 13.9. The molecule has 0 bridgehead atoms. The van der Waals surface area contributed by atoms with Crippen LogP contribution in [0.25, 0.3) is 0 Å². The van der Waals surface area contributed by atoms with E-state index < -0.39 is 17.8 Å². The van der Waals surface area contributed by atoms with E-state index in [2.05, 4.69) is 26.3 Å². The van der Waals surface area contributed by atoms with E-state index in [1.165, 1.54) is 0 Å². The predicted octanol–water partition coefficient (Wildman–Crippen LogP) is 4.03. The van der Waals surface area contributed by atoms with Gasteiger partial charge in [-0.25, -0.2) is 19.7 Å². The van der Waals surface area contributed by atoms with Crippen LogP contribution >= 0.6 is 15.9 Å². The van der Waals surface area contributed by atoms with Crippen molar-refractivity contribution in [2.45, 2.75) is 31.1 Å².